The van der Waals surface area contributed by atoms with E-state index >= 15 is 0 Å². The van der Waals surface area contributed by atoms with Gasteiger partial charge in [-0.15, -0.1) is 4.33 Å². The van der Waals surface area contributed by atoms with E-state index < -0.39 is 68.9 Å². The third kappa shape index (κ3) is 13.3. The van der Waals surface area contributed by atoms with Crippen molar-refractivity contribution in [1.82, 2.24) is 4.72 Å². The summed E-state index contributed by atoms with van der Waals surface area (Å²) >= 11 is 0.507. The van der Waals surface area contributed by atoms with Gasteiger partial charge in [0.15, 0.2) is 9.84 Å². The zero-order chi connectivity index (χ0) is 41.7. The van der Waals surface area contributed by atoms with E-state index in [-0.39, 0.29) is 43.2 Å². The summed E-state index contributed by atoms with van der Waals surface area (Å²) in [6.07, 6.45) is 1.08. The third-order valence-corrected chi connectivity index (χ3v) is 9.05. The number of hydrogen-bond donors (Lipinski definition) is 10. The summed E-state index contributed by atoms with van der Waals surface area (Å²) in [6, 6.07) is 11.2. The van der Waals surface area contributed by atoms with Gasteiger partial charge in [-0.3, -0.25) is 30.3 Å². The molecule has 0 aliphatic carbocycles. The molecule has 4 aromatic carbocycles. The number of nitro groups is 3. The molecule has 4 aromatic rings. The number of benzene rings is 4. The van der Waals surface area contributed by atoms with Crippen LogP contribution in [0.25, 0.3) is 0 Å². The zero-order valence-electron chi connectivity index (χ0n) is 27.3. The maximum absolute atomic E-state index is 11.2. The van der Waals surface area contributed by atoms with Crippen LogP contribution in [-0.2, 0) is 29.2 Å². The lowest BCUT2D eigenvalue weighted by Gasteiger charge is -2.03. The first-order valence-electron chi connectivity index (χ1n) is 13.5. The molecule has 294 valence electrons. The molecule has 0 aliphatic heterocycles. The van der Waals surface area contributed by atoms with Gasteiger partial charge >= 0.3 is 11.4 Å². The summed E-state index contributed by atoms with van der Waals surface area (Å²) in [5, 5.41) is 78.6. The van der Waals surface area contributed by atoms with Crippen LogP contribution in [-0.4, -0.2) is 70.6 Å². The molecule has 0 saturated carbocycles. The molecular formula is C26H30N8O17S3. The van der Waals surface area contributed by atoms with Gasteiger partial charge in [-0.2, -0.15) is 0 Å². The Morgan fingerprint density at radius 1 is 0.667 bits per heavy atom. The van der Waals surface area contributed by atoms with E-state index in [1.165, 1.54) is 49.5 Å². The Labute approximate surface area is 307 Å². The number of aromatic hydroxyl groups is 4. The lowest BCUT2D eigenvalue weighted by molar-refractivity contribution is -0.432. The molecular weight excluding hydrogens is 793 g/mol. The predicted molar refractivity (Wildman–Crippen MR) is 190 cm³/mol. The van der Waals surface area contributed by atoms with Gasteiger partial charge in [-0.05, 0) is 49.5 Å². The smallest absolute Gasteiger partial charge is 0.319 e. The second-order valence-corrected chi connectivity index (χ2v) is 14.4. The van der Waals surface area contributed by atoms with Crippen LogP contribution in [0.5, 0.6) is 23.0 Å². The number of sulfone groups is 1. The van der Waals surface area contributed by atoms with Crippen LogP contribution in [0.3, 0.4) is 0 Å². The Morgan fingerprint density at radius 3 is 1.52 bits per heavy atom. The molecule has 0 radical (unpaired) electrons. The van der Waals surface area contributed by atoms with E-state index in [2.05, 4.69) is 14.1 Å². The summed E-state index contributed by atoms with van der Waals surface area (Å²) in [4.78, 5) is 28.8. The van der Waals surface area contributed by atoms with Crippen LogP contribution in [0.15, 0.2) is 75.4 Å². The van der Waals surface area contributed by atoms with Crippen molar-refractivity contribution in [2.45, 2.75) is 14.7 Å². The maximum Gasteiger partial charge on any atom is 0.319 e. The SMILES string of the molecule is CNS(=O)(=O)c1ccc(O)c(N)c1.CS(=O)(=O)c1ccc(O)c(N)c1.Nc1cc(SOOO)cc([N+](=O)[O-])c1O.Nc1cc([N+](=O)[O-])cc([N+](=O)[O-])c1O. The lowest BCUT2D eigenvalue weighted by atomic mass is 10.2. The van der Waals surface area contributed by atoms with Crippen molar-refractivity contribution >= 4 is 71.7 Å². The van der Waals surface area contributed by atoms with Gasteiger partial charge in [0.05, 0.1) is 65.4 Å². The minimum absolute atomic E-state index is 0.0327. The highest BCUT2D eigenvalue weighted by Crippen LogP contribution is 2.37. The summed E-state index contributed by atoms with van der Waals surface area (Å²) in [7, 11) is -5.41. The molecule has 0 bridgehead atoms. The highest BCUT2D eigenvalue weighted by molar-refractivity contribution is 7.94. The van der Waals surface area contributed by atoms with Crippen molar-refractivity contribution in [3.63, 3.8) is 0 Å². The number of hydrogen-bond acceptors (Lipinski definition) is 22. The standard InChI is InChI=1S/C7H10N2O3S.C7H9NO3S.C6H5N3O5.C6H6N2O6S/c1-9-13(11,12)5-2-3-7(10)6(8)4-5;1-12(10,11)5-2-3-7(9)6(8)4-5;7-4-1-3(8(11)12)2-5(6(4)10)9(13)14;7-4-1-3(15-14-13-12)2-5(6(4)9)8(10)11/h2-4,9-10H,8H2,1H3;2-4,9H,8H2,1H3;1-2,10H,7H2;1-2,9,12H,7H2. The number of phenolic OH excluding ortho intramolecular Hbond substituents is 4. The van der Waals surface area contributed by atoms with E-state index in [9.17, 15) is 52.3 Å². The molecule has 0 saturated heterocycles. The van der Waals surface area contributed by atoms with Crippen LogP contribution in [0.2, 0.25) is 0 Å². The molecule has 14 N–H and O–H groups in total. The average molecular weight is 823 g/mol. The lowest BCUT2D eigenvalue weighted by Crippen LogP contribution is -2.18. The minimum Gasteiger partial charge on any atom is -0.506 e. The van der Waals surface area contributed by atoms with Gasteiger partial charge < -0.3 is 43.4 Å². The van der Waals surface area contributed by atoms with Gasteiger partial charge in [0.1, 0.15) is 11.5 Å². The number of rotatable bonds is 9. The Kier molecular flexibility index (Phi) is 16.4. The highest BCUT2D eigenvalue weighted by Gasteiger charge is 2.22. The van der Waals surface area contributed by atoms with Crippen LogP contribution < -0.4 is 27.7 Å². The van der Waals surface area contributed by atoms with Crippen molar-refractivity contribution < 1.29 is 66.7 Å². The fourth-order valence-electron chi connectivity index (χ4n) is 3.31. The van der Waals surface area contributed by atoms with Crippen LogP contribution in [0.1, 0.15) is 0 Å². The van der Waals surface area contributed by atoms with E-state index in [1.54, 1.807) is 0 Å². The van der Waals surface area contributed by atoms with E-state index in [0.717, 1.165) is 18.4 Å². The molecule has 0 spiro atoms. The Hall–Kier alpha value is -6.43. The average Bonchev–Trinajstić information content (AvgIpc) is 3.08. The molecule has 4 rings (SSSR count). The number of anilines is 4. The number of non-ortho nitro benzene ring substituents is 1. The number of nitrogens with zero attached hydrogens (tertiary/aromatic N) is 3. The summed E-state index contributed by atoms with van der Waals surface area (Å²) in [5.41, 5.74) is 18.7. The normalized spacial score (nSPS) is 10.6. The van der Waals surface area contributed by atoms with Crippen molar-refractivity contribution in [2.24, 2.45) is 0 Å². The molecule has 0 fully saturated rings. The fourth-order valence-corrected chi connectivity index (χ4v) is 5.17. The maximum atomic E-state index is 11.2. The summed E-state index contributed by atoms with van der Waals surface area (Å²) < 4.78 is 50.6. The third-order valence-electron chi connectivity index (χ3n) is 5.97. The van der Waals surface area contributed by atoms with Crippen LogP contribution in [0.4, 0.5) is 39.8 Å². The molecule has 0 aliphatic rings. The van der Waals surface area contributed by atoms with Gasteiger partial charge in [0.25, 0.3) is 5.69 Å². The Morgan fingerprint density at radius 2 is 1.11 bits per heavy atom. The second kappa shape index (κ2) is 19.4. The largest absolute Gasteiger partial charge is 0.506 e. The van der Waals surface area contributed by atoms with E-state index in [4.69, 9.17) is 43.5 Å². The van der Waals surface area contributed by atoms with Crippen molar-refractivity contribution in [1.29, 1.82) is 0 Å². The van der Waals surface area contributed by atoms with E-state index in [1.807, 2.05) is 0 Å². The molecule has 0 heterocycles. The number of nitrogen functional groups attached to an aromatic ring is 4. The zero-order valence-corrected chi connectivity index (χ0v) is 29.7. The first-order chi connectivity index (χ1) is 24.9. The molecule has 0 unspecified atom stereocenters. The Balaban J connectivity index is 0.000000361. The van der Waals surface area contributed by atoms with Gasteiger partial charge in [-0.25, -0.2) is 26.8 Å². The molecule has 0 amide bonds. The van der Waals surface area contributed by atoms with Gasteiger partial charge in [0, 0.05) is 23.3 Å². The summed E-state index contributed by atoms with van der Waals surface area (Å²) in [5.74, 6) is -1.62. The minimum atomic E-state index is -3.48. The highest BCUT2D eigenvalue weighted by atomic mass is 32.2. The van der Waals surface area contributed by atoms with Crippen molar-refractivity contribution in [3.8, 4) is 23.0 Å². The van der Waals surface area contributed by atoms with Crippen molar-refractivity contribution in [2.75, 3.05) is 36.2 Å². The first kappa shape index (κ1) is 45.6. The number of nitro benzene ring substituents is 3. The fraction of sp³-hybridized carbons (Fsp3) is 0.0769. The molecule has 0 atom stereocenters. The van der Waals surface area contributed by atoms with Crippen LogP contribution in [0, 0.1) is 30.3 Å². The second-order valence-electron chi connectivity index (χ2n) is 9.70. The predicted octanol–water partition coefficient (Wildman–Crippen LogP) is 2.36. The van der Waals surface area contributed by atoms with Gasteiger partial charge in [-0.1, -0.05) is 5.04 Å². The summed E-state index contributed by atoms with van der Waals surface area (Å²) in [6.45, 7) is 0. The number of sulfonamides is 1. The van der Waals surface area contributed by atoms with E-state index in [0.29, 0.717) is 18.1 Å². The number of nitrogens with one attached hydrogen (secondary N) is 1. The molecule has 0 aromatic heterocycles. The first-order valence-corrected chi connectivity index (χ1v) is 17.6. The topological polar surface area (TPSA) is 433 Å². The number of phenols is 4. The molecule has 25 nitrogen and oxygen atoms in total. The monoisotopic (exact) mass is 822 g/mol. The molecule has 54 heavy (non-hydrogen) atoms. The number of nitrogens with two attached hydrogens (primary N) is 4. The quantitative estimate of drug-likeness (QED) is 0.0289. The van der Waals surface area contributed by atoms with Crippen molar-refractivity contribution in [3.05, 3.63) is 91.0 Å². The van der Waals surface area contributed by atoms with Crippen LogP contribution >= 0.6 is 12.0 Å². The van der Waals surface area contributed by atoms with Gasteiger partial charge in [0.2, 0.25) is 21.5 Å². The molecule has 28 heteroatoms. The Bertz CT molecular complexity index is 2240.